The minimum absolute atomic E-state index is 0.858. The van der Waals surface area contributed by atoms with E-state index in [4.69, 9.17) is 4.98 Å². The monoisotopic (exact) mass is 303 g/mol. The molecule has 0 unspecified atom stereocenters. The SMILES string of the molecule is CCCNCc1nc(CCN(C)C)sc1-c1ccccc1. The van der Waals surface area contributed by atoms with Gasteiger partial charge in [0.1, 0.15) is 0 Å². The van der Waals surface area contributed by atoms with Gasteiger partial charge in [0.05, 0.1) is 15.6 Å². The summed E-state index contributed by atoms with van der Waals surface area (Å²) >= 11 is 1.83. The van der Waals surface area contributed by atoms with Crippen LogP contribution < -0.4 is 5.32 Å². The van der Waals surface area contributed by atoms with Gasteiger partial charge in [-0.15, -0.1) is 11.3 Å². The van der Waals surface area contributed by atoms with E-state index < -0.39 is 0 Å². The van der Waals surface area contributed by atoms with Crippen molar-refractivity contribution < 1.29 is 0 Å². The highest BCUT2D eigenvalue weighted by Gasteiger charge is 2.12. The Morgan fingerprint density at radius 1 is 1.19 bits per heavy atom. The number of nitrogens with one attached hydrogen (secondary N) is 1. The molecule has 114 valence electrons. The minimum atomic E-state index is 0.858. The van der Waals surface area contributed by atoms with Crippen molar-refractivity contribution in [1.29, 1.82) is 0 Å². The van der Waals surface area contributed by atoms with Crippen molar-refractivity contribution in [1.82, 2.24) is 15.2 Å². The van der Waals surface area contributed by atoms with Crippen LogP contribution in [0.4, 0.5) is 0 Å². The van der Waals surface area contributed by atoms with Crippen LogP contribution in [0.2, 0.25) is 0 Å². The van der Waals surface area contributed by atoms with Crippen molar-refractivity contribution in [3.8, 4) is 10.4 Å². The fraction of sp³-hybridized carbons (Fsp3) is 0.471. The van der Waals surface area contributed by atoms with Gasteiger partial charge in [0.25, 0.3) is 0 Å². The lowest BCUT2D eigenvalue weighted by molar-refractivity contribution is 0.413. The molecule has 0 aliphatic heterocycles. The largest absolute Gasteiger partial charge is 0.311 e. The lowest BCUT2D eigenvalue weighted by atomic mass is 10.1. The fourth-order valence-electron chi connectivity index (χ4n) is 2.15. The molecule has 0 aliphatic carbocycles. The molecule has 1 N–H and O–H groups in total. The van der Waals surface area contributed by atoms with Crippen LogP contribution in [0.25, 0.3) is 10.4 Å². The van der Waals surface area contributed by atoms with Crippen LogP contribution in [0.3, 0.4) is 0 Å². The molecule has 0 fully saturated rings. The third-order valence-electron chi connectivity index (χ3n) is 3.27. The van der Waals surface area contributed by atoms with E-state index in [2.05, 4.69) is 61.6 Å². The number of benzene rings is 1. The van der Waals surface area contributed by atoms with Crippen LogP contribution in [-0.4, -0.2) is 37.1 Å². The van der Waals surface area contributed by atoms with Gasteiger partial charge in [-0.3, -0.25) is 0 Å². The predicted molar refractivity (Wildman–Crippen MR) is 91.8 cm³/mol. The Labute approximate surface area is 132 Å². The summed E-state index contributed by atoms with van der Waals surface area (Å²) < 4.78 is 0. The Balaban J connectivity index is 2.19. The van der Waals surface area contributed by atoms with Gasteiger partial charge >= 0.3 is 0 Å². The molecule has 0 aliphatic rings. The first-order valence-electron chi connectivity index (χ1n) is 7.60. The zero-order chi connectivity index (χ0) is 15.1. The van der Waals surface area contributed by atoms with Gasteiger partial charge in [-0.2, -0.15) is 0 Å². The van der Waals surface area contributed by atoms with Crippen LogP contribution >= 0.6 is 11.3 Å². The number of hydrogen-bond donors (Lipinski definition) is 1. The van der Waals surface area contributed by atoms with Crippen molar-refractivity contribution in [3.05, 3.63) is 41.0 Å². The summed E-state index contributed by atoms with van der Waals surface area (Å²) in [4.78, 5) is 8.38. The van der Waals surface area contributed by atoms with Crippen LogP contribution in [0.1, 0.15) is 24.0 Å². The van der Waals surface area contributed by atoms with Crippen molar-refractivity contribution in [2.75, 3.05) is 27.2 Å². The molecule has 0 atom stereocenters. The van der Waals surface area contributed by atoms with Crippen molar-refractivity contribution in [2.24, 2.45) is 0 Å². The molecule has 0 spiro atoms. The molecule has 0 amide bonds. The third kappa shape index (κ3) is 4.92. The topological polar surface area (TPSA) is 28.2 Å². The summed E-state index contributed by atoms with van der Waals surface area (Å²) in [5.74, 6) is 0. The predicted octanol–water partition coefficient (Wildman–Crippen LogP) is 3.41. The highest BCUT2D eigenvalue weighted by molar-refractivity contribution is 7.15. The maximum Gasteiger partial charge on any atom is 0.0948 e. The highest BCUT2D eigenvalue weighted by Crippen LogP contribution is 2.30. The number of likely N-dealkylation sites (N-methyl/N-ethyl adjacent to an activating group) is 1. The first kappa shape index (κ1) is 16.1. The van der Waals surface area contributed by atoms with Crippen LogP contribution in [0.5, 0.6) is 0 Å². The summed E-state index contributed by atoms with van der Waals surface area (Å²) in [5.41, 5.74) is 2.47. The van der Waals surface area contributed by atoms with E-state index >= 15 is 0 Å². The number of rotatable bonds is 8. The Morgan fingerprint density at radius 3 is 2.62 bits per heavy atom. The first-order chi connectivity index (χ1) is 10.2. The smallest absolute Gasteiger partial charge is 0.0948 e. The fourth-order valence-corrected chi connectivity index (χ4v) is 3.22. The molecule has 4 heteroatoms. The molecule has 0 bridgehead atoms. The number of thiazole rings is 1. The van der Waals surface area contributed by atoms with E-state index in [1.165, 1.54) is 21.1 Å². The van der Waals surface area contributed by atoms with Gasteiger partial charge in [0, 0.05) is 19.5 Å². The van der Waals surface area contributed by atoms with E-state index in [0.29, 0.717) is 0 Å². The van der Waals surface area contributed by atoms with Crippen LogP contribution in [-0.2, 0) is 13.0 Å². The molecule has 2 rings (SSSR count). The van der Waals surface area contributed by atoms with Crippen molar-refractivity contribution in [3.63, 3.8) is 0 Å². The van der Waals surface area contributed by atoms with Gasteiger partial charge in [-0.25, -0.2) is 4.98 Å². The van der Waals surface area contributed by atoms with E-state index in [9.17, 15) is 0 Å². The van der Waals surface area contributed by atoms with Gasteiger partial charge in [0.15, 0.2) is 0 Å². The molecular weight excluding hydrogens is 278 g/mol. The molecule has 1 aromatic carbocycles. The first-order valence-corrected chi connectivity index (χ1v) is 8.41. The Bertz CT molecular complexity index is 534. The van der Waals surface area contributed by atoms with Crippen molar-refractivity contribution >= 4 is 11.3 Å². The molecule has 3 nitrogen and oxygen atoms in total. The molecule has 0 saturated carbocycles. The summed E-state index contributed by atoms with van der Waals surface area (Å²) in [6.07, 6.45) is 2.17. The normalized spacial score (nSPS) is 11.2. The minimum Gasteiger partial charge on any atom is -0.311 e. The average molecular weight is 303 g/mol. The second-order valence-electron chi connectivity index (χ2n) is 5.48. The quantitative estimate of drug-likeness (QED) is 0.758. The molecular formula is C17H25N3S. The zero-order valence-electron chi connectivity index (χ0n) is 13.2. The van der Waals surface area contributed by atoms with Crippen molar-refractivity contribution in [2.45, 2.75) is 26.3 Å². The van der Waals surface area contributed by atoms with Crippen LogP contribution in [0.15, 0.2) is 30.3 Å². The van der Waals surface area contributed by atoms with E-state index in [1.54, 1.807) is 0 Å². The molecule has 0 radical (unpaired) electrons. The number of nitrogens with zero attached hydrogens (tertiary/aromatic N) is 2. The standard InChI is InChI=1S/C17H25N3S/c1-4-11-18-13-15-17(14-8-6-5-7-9-14)21-16(19-15)10-12-20(2)3/h5-9,18H,4,10-13H2,1-3H3. The summed E-state index contributed by atoms with van der Waals surface area (Å²) in [5, 5.41) is 4.71. The summed E-state index contributed by atoms with van der Waals surface area (Å²) in [6, 6.07) is 10.6. The average Bonchev–Trinajstić information content (AvgIpc) is 2.90. The van der Waals surface area contributed by atoms with Gasteiger partial charge in [-0.1, -0.05) is 37.3 Å². The second-order valence-corrected chi connectivity index (χ2v) is 6.56. The Morgan fingerprint density at radius 2 is 1.95 bits per heavy atom. The maximum absolute atomic E-state index is 4.86. The lowest BCUT2D eigenvalue weighted by Gasteiger charge is -2.06. The molecule has 2 aromatic rings. The third-order valence-corrected chi connectivity index (χ3v) is 4.48. The maximum atomic E-state index is 4.86. The zero-order valence-corrected chi connectivity index (χ0v) is 14.0. The van der Waals surface area contributed by atoms with E-state index in [1.807, 2.05) is 11.3 Å². The highest BCUT2D eigenvalue weighted by atomic mass is 32.1. The van der Waals surface area contributed by atoms with Gasteiger partial charge in [-0.05, 0) is 32.6 Å². The molecule has 21 heavy (non-hydrogen) atoms. The summed E-state index contributed by atoms with van der Waals surface area (Å²) in [7, 11) is 4.21. The van der Waals surface area contributed by atoms with E-state index in [-0.39, 0.29) is 0 Å². The molecule has 1 aromatic heterocycles. The van der Waals surface area contributed by atoms with Gasteiger partial charge < -0.3 is 10.2 Å². The van der Waals surface area contributed by atoms with Crippen LogP contribution in [0, 0.1) is 0 Å². The Hall–Kier alpha value is -1.23. The summed E-state index contributed by atoms with van der Waals surface area (Å²) in [6.45, 7) is 5.13. The molecule has 1 heterocycles. The Kier molecular flexibility index (Phi) is 6.36. The van der Waals surface area contributed by atoms with Gasteiger partial charge in [0.2, 0.25) is 0 Å². The second kappa shape index (κ2) is 8.27. The lowest BCUT2D eigenvalue weighted by Crippen LogP contribution is -2.16. The van der Waals surface area contributed by atoms with E-state index in [0.717, 1.165) is 32.5 Å². The number of hydrogen-bond acceptors (Lipinski definition) is 4. The number of aromatic nitrogens is 1. The molecule has 0 saturated heterocycles.